The third-order valence-corrected chi connectivity index (χ3v) is 4.71. The van der Waals surface area contributed by atoms with Crippen LogP contribution in [0.5, 0.6) is 0 Å². The molecule has 0 aliphatic rings. The third-order valence-electron chi connectivity index (χ3n) is 4.71. The van der Waals surface area contributed by atoms with E-state index in [1.165, 1.54) is 6.33 Å². The first-order valence-electron chi connectivity index (χ1n) is 9.37. The lowest BCUT2D eigenvalue weighted by molar-refractivity contribution is -0.120. The molecule has 0 aliphatic heterocycles. The molecule has 0 fully saturated rings. The van der Waals surface area contributed by atoms with Crippen molar-refractivity contribution in [2.75, 3.05) is 7.05 Å². The highest BCUT2D eigenvalue weighted by Gasteiger charge is 2.16. The zero-order valence-electron chi connectivity index (χ0n) is 16.4. The normalized spacial score (nSPS) is 11.4. The fourth-order valence-corrected chi connectivity index (χ4v) is 3.30. The topological polar surface area (TPSA) is 132 Å². The van der Waals surface area contributed by atoms with Crippen molar-refractivity contribution in [1.82, 2.24) is 49.9 Å². The van der Waals surface area contributed by atoms with Crippen molar-refractivity contribution in [1.29, 1.82) is 0 Å². The standard InChI is InChI=1S/C19H18N10O/c1-11-22-13-4-3-12(7-14(13)23-11)8-18-24-15(9-19(30)20-2)26-29(18)17-6-5-16-25-21-10-28(16)27-17/h3-7,10H,8-9H2,1-2H3,(H,20,30)(H,22,23). The minimum Gasteiger partial charge on any atom is -0.359 e. The molecule has 4 heterocycles. The number of aromatic amines is 1. The van der Waals surface area contributed by atoms with Gasteiger partial charge in [-0.2, -0.15) is 9.20 Å². The molecule has 0 unspecified atom stereocenters. The molecule has 0 saturated carbocycles. The summed E-state index contributed by atoms with van der Waals surface area (Å²) >= 11 is 0. The summed E-state index contributed by atoms with van der Waals surface area (Å²) in [5.41, 5.74) is 3.55. The van der Waals surface area contributed by atoms with E-state index in [1.54, 1.807) is 28.4 Å². The Bertz CT molecular complexity index is 1380. The highest BCUT2D eigenvalue weighted by molar-refractivity contribution is 5.77. The second kappa shape index (κ2) is 7.03. The van der Waals surface area contributed by atoms with E-state index >= 15 is 0 Å². The molecule has 0 saturated heterocycles. The predicted octanol–water partition coefficient (Wildman–Crippen LogP) is 0.769. The number of H-pyrrole nitrogens is 1. The van der Waals surface area contributed by atoms with Gasteiger partial charge < -0.3 is 10.3 Å². The number of aromatic nitrogens is 9. The van der Waals surface area contributed by atoms with Gasteiger partial charge in [0.25, 0.3) is 0 Å². The van der Waals surface area contributed by atoms with E-state index in [9.17, 15) is 4.79 Å². The molecule has 30 heavy (non-hydrogen) atoms. The lowest BCUT2D eigenvalue weighted by Crippen LogP contribution is -2.20. The highest BCUT2D eigenvalue weighted by Crippen LogP contribution is 2.18. The Morgan fingerprint density at radius 1 is 1.17 bits per heavy atom. The number of benzene rings is 1. The van der Waals surface area contributed by atoms with Gasteiger partial charge in [0.05, 0.1) is 17.5 Å². The predicted molar refractivity (Wildman–Crippen MR) is 107 cm³/mol. The average Bonchev–Trinajstić information content (AvgIpc) is 3.44. The van der Waals surface area contributed by atoms with E-state index in [4.69, 9.17) is 0 Å². The minimum absolute atomic E-state index is 0.0875. The van der Waals surface area contributed by atoms with E-state index in [0.717, 1.165) is 22.4 Å². The van der Waals surface area contributed by atoms with Crippen molar-refractivity contribution in [2.24, 2.45) is 0 Å². The number of likely N-dealkylation sites (N-methyl/N-ethyl adjacent to an activating group) is 1. The van der Waals surface area contributed by atoms with Crippen LogP contribution >= 0.6 is 0 Å². The number of carbonyl (C=O) groups is 1. The number of amides is 1. The Morgan fingerprint density at radius 3 is 2.93 bits per heavy atom. The van der Waals surface area contributed by atoms with Gasteiger partial charge in [-0.1, -0.05) is 6.07 Å². The SMILES string of the molecule is CNC(=O)Cc1nc(Cc2ccc3nc(C)[nH]c3c2)n(-c2ccc3nncn3n2)n1. The lowest BCUT2D eigenvalue weighted by Gasteiger charge is -2.05. The Balaban J connectivity index is 1.56. The maximum absolute atomic E-state index is 11.8. The van der Waals surface area contributed by atoms with Crippen LogP contribution in [0.3, 0.4) is 0 Å². The molecule has 0 aliphatic carbocycles. The van der Waals surface area contributed by atoms with Crippen molar-refractivity contribution in [2.45, 2.75) is 19.8 Å². The number of hydrogen-bond donors (Lipinski definition) is 2. The van der Waals surface area contributed by atoms with E-state index in [2.05, 4.69) is 40.7 Å². The second-order valence-corrected chi connectivity index (χ2v) is 6.88. The summed E-state index contributed by atoms with van der Waals surface area (Å²) in [6, 6.07) is 9.63. The molecule has 11 heteroatoms. The molecule has 5 rings (SSSR count). The Hall–Kier alpha value is -4.15. The fraction of sp³-hybridized carbons (Fsp3) is 0.211. The van der Waals surface area contributed by atoms with Crippen LogP contribution in [0.2, 0.25) is 0 Å². The van der Waals surface area contributed by atoms with Gasteiger partial charge in [0, 0.05) is 13.5 Å². The first kappa shape index (κ1) is 17.9. The van der Waals surface area contributed by atoms with Gasteiger partial charge in [-0.3, -0.25) is 4.79 Å². The van der Waals surface area contributed by atoms with Crippen molar-refractivity contribution < 1.29 is 4.79 Å². The fourth-order valence-electron chi connectivity index (χ4n) is 3.30. The smallest absolute Gasteiger partial charge is 0.227 e. The summed E-state index contributed by atoms with van der Waals surface area (Å²) in [5.74, 6) is 2.37. The molecule has 0 atom stereocenters. The second-order valence-electron chi connectivity index (χ2n) is 6.88. The Morgan fingerprint density at radius 2 is 2.07 bits per heavy atom. The Labute approximate surface area is 170 Å². The van der Waals surface area contributed by atoms with Gasteiger partial charge in [-0.15, -0.1) is 20.4 Å². The minimum atomic E-state index is -0.157. The quantitative estimate of drug-likeness (QED) is 0.444. The summed E-state index contributed by atoms with van der Waals surface area (Å²) < 4.78 is 3.22. The zero-order valence-corrected chi connectivity index (χ0v) is 16.4. The molecule has 11 nitrogen and oxygen atoms in total. The van der Waals surface area contributed by atoms with Crippen molar-refractivity contribution >= 4 is 22.6 Å². The van der Waals surface area contributed by atoms with E-state index in [-0.39, 0.29) is 12.3 Å². The molecule has 0 bridgehead atoms. The molecule has 5 aromatic rings. The van der Waals surface area contributed by atoms with Gasteiger partial charge in [0.1, 0.15) is 18.0 Å². The van der Waals surface area contributed by atoms with Crippen molar-refractivity contribution in [3.63, 3.8) is 0 Å². The van der Waals surface area contributed by atoms with Crippen LogP contribution in [-0.2, 0) is 17.6 Å². The van der Waals surface area contributed by atoms with E-state index < -0.39 is 0 Å². The van der Waals surface area contributed by atoms with Gasteiger partial charge in [0.2, 0.25) is 5.91 Å². The largest absolute Gasteiger partial charge is 0.359 e. The zero-order chi connectivity index (χ0) is 20.7. The summed E-state index contributed by atoms with van der Waals surface area (Å²) in [4.78, 5) is 24.1. The number of rotatable bonds is 5. The monoisotopic (exact) mass is 402 g/mol. The molecule has 4 aromatic heterocycles. The van der Waals surface area contributed by atoms with Crippen LogP contribution in [0.15, 0.2) is 36.7 Å². The average molecular weight is 402 g/mol. The van der Waals surface area contributed by atoms with Gasteiger partial charge in [-0.05, 0) is 36.8 Å². The van der Waals surface area contributed by atoms with Crippen LogP contribution in [0.25, 0.3) is 22.5 Å². The molecule has 1 amide bonds. The van der Waals surface area contributed by atoms with E-state index in [1.807, 2.05) is 25.1 Å². The van der Waals surface area contributed by atoms with Crippen molar-refractivity contribution in [3.8, 4) is 5.82 Å². The molecule has 0 spiro atoms. The van der Waals surface area contributed by atoms with Crippen LogP contribution in [-0.4, -0.2) is 57.5 Å². The van der Waals surface area contributed by atoms with Gasteiger partial charge >= 0.3 is 0 Å². The number of carbonyl (C=O) groups excluding carboxylic acids is 1. The number of nitrogens with one attached hydrogen (secondary N) is 2. The first-order chi connectivity index (χ1) is 14.6. The number of hydrogen-bond acceptors (Lipinski definition) is 7. The molecule has 1 aromatic carbocycles. The third kappa shape index (κ3) is 3.26. The summed E-state index contributed by atoms with van der Waals surface area (Å²) in [5, 5.41) is 19.5. The molecule has 0 radical (unpaired) electrons. The first-order valence-corrected chi connectivity index (χ1v) is 9.37. The van der Waals surface area contributed by atoms with E-state index in [0.29, 0.717) is 29.5 Å². The van der Waals surface area contributed by atoms with Gasteiger partial charge in [-0.25, -0.2) is 9.97 Å². The maximum Gasteiger partial charge on any atom is 0.227 e. The number of imidazole rings is 1. The maximum atomic E-state index is 11.8. The molecular weight excluding hydrogens is 384 g/mol. The number of nitrogens with zero attached hydrogens (tertiary/aromatic N) is 8. The number of fused-ring (bicyclic) bond motifs is 2. The van der Waals surface area contributed by atoms with Crippen LogP contribution in [0, 0.1) is 6.92 Å². The highest BCUT2D eigenvalue weighted by atomic mass is 16.1. The summed E-state index contributed by atoms with van der Waals surface area (Å²) in [6.45, 7) is 1.92. The van der Waals surface area contributed by atoms with Crippen LogP contribution < -0.4 is 5.32 Å². The Kier molecular flexibility index (Phi) is 4.20. The van der Waals surface area contributed by atoms with Crippen molar-refractivity contribution in [3.05, 3.63) is 59.7 Å². The molecule has 150 valence electrons. The summed E-state index contributed by atoms with van der Waals surface area (Å²) in [7, 11) is 1.59. The van der Waals surface area contributed by atoms with Crippen LogP contribution in [0.4, 0.5) is 0 Å². The van der Waals surface area contributed by atoms with Crippen LogP contribution in [0.1, 0.15) is 23.0 Å². The number of aryl methyl sites for hydroxylation is 1. The molecule has 2 N–H and O–H groups in total. The lowest BCUT2D eigenvalue weighted by atomic mass is 10.1. The van der Waals surface area contributed by atoms with Gasteiger partial charge in [0.15, 0.2) is 17.3 Å². The summed E-state index contributed by atoms with van der Waals surface area (Å²) in [6.07, 6.45) is 2.12. The molecular formula is C19H18N10O.